The first-order valence-electron chi connectivity index (χ1n) is 14.9. The summed E-state index contributed by atoms with van der Waals surface area (Å²) in [5, 5.41) is 16.5. The summed E-state index contributed by atoms with van der Waals surface area (Å²) in [6, 6.07) is 10.0. The molecule has 2 aliphatic carbocycles. The lowest BCUT2D eigenvalue weighted by Crippen LogP contribution is -2.52. The molecule has 0 radical (unpaired) electrons. The van der Waals surface area contributed by atoms with Gasteiger partial charge in [0.2, 0.25) is 11.5 Å². The number of aliphatic hydroxyl groups is 1. The Morgan fingerprint density at radius 3 is 2.37 bits per heavy atom. The van der Waals surface area contributed by atoms with Crippen LogP contribution in [0.2, 0.25) is 0 Å². The van der Waals surface area contributed by atoms with Crippen molar-refractivity contribution in [3.8, 4) is 28.5 Å². The van der Waals surface area contributed by atoms with E-state index in [1.165, 1.54) is 44.4 Å². The van der Waals surface area contributed by atoms with Crippen LogP contribution in [0.5, 0.6) is 17.2 Å². The monoisotopic (exact) mass is 643 g/mol. The van der Waals surface area contributed by atoms with Gasteiger partial charge in [0.1, 0.15) is 29.3 Å². The van der Waals surface area contributed by atoms with Gasteiger partial charge in [-0.25, -0.2) is 9.37 Å². The van der Waals surface area contributed by atoms with Crippen molar-refractivity contribution in [2.45, 2.75) is 68.4 Å². The normalized spacial score (nSPS) is 21.0. The molecule has 0 unspecified atom stereocenters. The fraction of sp³-hybridized carbons (Fsp3) is 0.424. The van der Waals surface area contributed by atoms with Crippen molar-refractivity contribution in [3.63, 3.8) is 0 Å². The molecule has 0 saturated heterocycles. The maximum absolute atomic E-state index is 14.8. The molecule has 0 bridgehead atoms. The SMILES string of the molecule is COc1cc(C(=O)NC[C@](O)(c2cc3c(c(-c4ccc(F)cc4)n2)OC[C@]3(C)C(=O)NC2(C)CC2)C(F)(F)F)ccc1OC1CC1. The summed E-state index contributed by atoms with van der Waals surface area (Å²) in [5.41, 5.74) is -6.31. The Morgan fingerprint density at radius 2 is 1.76 bits per heavy atom. The van der Waals surface area contributed by atoms with Gasteiger partial charge < -0.3 is 30.0 Å². The zero-order chi connectivity index (χ0) is 33.1. The Hall–Kier alpha value is -4.39. The van der Waals surface area contributed by atoms with Crippen molar-refractivity contribution < 1.29 is 46.5 Å². The first-order valence-corrected chi connectivity index (χ1v) is 14.9. The number of methoxy groups -OCH3 is 1. The van der Waals surface area contributed by atoms with E-state index in [4.69, 9.17) is 14.2 Å². The van der Waals surface area contributed by atoms with Gasteiger partial charge >= 0.3 is 6.18 Å². The van der Waals surface area contributed by atoms with Gasteiger partial charge in [-0.3, -0.25) is 9.59 Å². The highest BCUT2D eigenvalue weighted by atomic mass is 19.4. The molecular weight excluding hydrogens is 610 g/mol. The van der Waals surface area contributed by atoms with Crippen LogP contribution < -0.4 is 24.8 Å². The van der Waals surface area contributed by atoms with Crippen LogP contribution >= 0.6 is 0 Å². The van der Waals surface area contributed by atoms with E-state index in [0.29, 0.717) is 5.75 Å². The molecule has 2 saturated carbocycles. The van der Waals surface area contributed by atoms with Crippen LogP contribution in [-0.2, 0) is 15.8 Å². The van der Waals surface area contributed by atoms with E-state index in [2.05, 4.69) is 15.6 Å². The second-order valence-corrected chi connectivity index (χ2v) is 12.6. The molecule has 3 N–H and O–H groups in total. The number of alkyl halides is 3. The third kappa shape index (κ3) is 5.83. The molecule has 2 atom stereocenters. The summed E-state index contributed by atoms with van der Waals surface area (Å²) in [6.07, 6.45) is -2.01. The van der Waals surface area contributed by atoms with Gasteiger partial charge in [0.05, 0.1) is 25.5 Å². The van der Waals surface area contributed by atoms with Crippen molar-refractivity contribution in [3.05, 3.63) is 71.2 Å². The Kier molecular flexibility index (Phi) is 7.65. The Bertz CT molecular complexity index is 1690. The number of benzene rings is 2. The van der Waals surface area contributed by atoms with Gasteiger partial charge in [0, 0.05) is 22.2 Å². The van der Waals surface area contributed by atoms with E-state index in [0.717, 1.165) is 43.9 Å². The zero-order valence-corrected chi connectivity index (χ0v) is 25.4. The number of aromatic nitrogens is 1. The number of halogens is 4. The van der Waals surface area contributed by atoms with E-state index in [1.54, 1.807) is 0 Å². The van der Waals surface area contributed by atoms with Crippen molar-refractivity contribution >= 4 is 11.8 Å². The molecule has 6 rings (SSSR count). The predicted octanol–water partition coefficient (Wildman–Crippen LogP) is 4.94. The largest absolute Gasteiger partial charge is 0.493 e. The summed E-state index contributed by atoms with van der Waals surface area (Å²) in [5.74, 6) is -1.29. The van der Waals surface area contributed by atoms with Crippen molar-refractivity contribution in [2.24, 2.45) is 0 Å². The number of carbonyl (C=O) groups excluding carboxylic acids is 2. The molecule has 2 heterocycles. The van der Waals surface area contributed by atoms with Crippen LogP contribution in [0, 0.1) is 5.82 Å². The highest BCUT2D eigenvalue weighted by Gasteiger charge is 2.58. The smallest absolute Gasteiger partial charge is 0.424 e. The molecule has 244 valence electrons. The van der Waals surface area contributed by atoms with E-state index >= 15 is 0 Å². The summed E-state index contributed by atoms with van der Waals surface area (Å²) < 4.78 is 75.2. The number of hydrogen-bond donors (Lipinski definition) is 3. The van der Waals surface area contributed by atoms with Crippen LogP contribution in [0.1, 0.15) is 61.1 Å². The first kappa shape index (κ1) is 31.6. The second kappa shape index (κ2) is 11.1. The lowest BCUT2D eigenvalue weighted by atomic mass is 9.81. The van der Waals surface area contributed by atoms with Gasteiger partial charge in [-0.05, 0) is 88.1 Å². The Labute approximate surface area is 262 Å². The molecule has 2 aromatic carbocycles. The molecule has 2 amide bonds. The zero-order valence-electron chi connectivity index (χ0n) is 25.4. The minimum Gasteiger partial charge on any atom is -0.493 e. The Morgan fingerprint density at radius 1 is 1.07 bits per heavy atom. The molecule has 0 spiro atoms. The third-order valence-electron chi connectivity index (χ3n) is 8.75. The van der Waals surface area contributed by atoms with E-state index < -0.39 is 52.6 Å². The van der Waals surface area contributed by atoms with E-state index in [-0.39, 0.29) is 46.6 Å². The highest BCUT2D eigenvalue weighted by molar-refractivity contribution is 5.95. The molecule has 1 aromatic heterocycles. The van der Waals surface area contributed by atoms with Gasteiger partial charge in [0.25, 0.3) is 5.91 Å². The molecule has 3 aromatic rings. The number of amides is 2. The molecule has 9 nitrogen and oxygen atoms in total. The Balaban J connectivity index is 1.37. The quantitative estimate of drug-likeness (QED) is 0.268. The number of nitrogens with one attached hydrogen (secondary N) is 2. The minimum absolute atomic E-state index is 0.0235. The molecule has 2 fully saturated rings. The number of carbonyl (C=O) groups is 2. The summed E-state index contributed by atoms with van der Waals surface area (Å²) >= 11 is 0. The first-order chi connectivity index (χ1) is 21.7. The van der Waals surface area contributed by atoms with Gasteiger partial charge in [-0.2, -0.15) is 13.2 Å². The van der Waals surface area contributed by atoms with Crippen molar-refractivity contribution in [1.82, 2.24) is 15.6 Å². The topological polar surface area (TPSA) is 119 Å². The average molecular weight is 644 g/mol. The third-order valence-corrected chi connectivity index (χ3v) is 8.75. The maximum Gasteiger partial charge on any atom is 0.424 e. The second-order valence-electron chi connectivity index (χ2n) is 12.6. The molecular formula is C33H33F4N3O6. The number of fused-ring (bicyclic) bond motifs is 1. The highest BCUT2D eigenvalue weighted by Crippen LogP contribution is 2.48. The molecule has 46 heavy (non-hydrogen) atoms. The van der Waals surface area contributed by atoms with E-state index in [1.807, 2.05) is 6.92 Å². The average Bonchev–Trinajstić information content (AvgIpc) is 3.95. The van der Waals surface area contributed by atoms with Gasteiger partial charge in [-0.15, -0.1) is 0 Å². The number of ether oxygens (including phenoxy) is 3. The summed E-state index contributed by atoms with van der Waals surface area (Å²) in [4.78, 5) is 30.8. The van der Waals surface area contributed by atoms with Crippen LogP contribution in [0.15, 0.2) is 48.5 Å². The number of hydrogen-bond acceptors (Lipinski definition) is 7. The van der Waals surface area contributed by atoms with Crippen LogP contribution in [0.3, 0.4) is 0 Å². The minimum atomic E-state index is -5.33. The van der Waals surface area contributed by atoms with Crippen molar-refractivity contribution in [2.75, 3.05) is 20.3 Å². The number of rotatable bonds is 10. The molecule has 1 aliphatic heterocycles. The number of nitrogens with zero attached hydrogens (tertiary/aromatic N) is 1. The lowest BCUT2D eigenvalue weighted by Gasteiger charge is -2.32. The number of pyridine rings is 1. The van der Waals surface area contributed by atoms with Crippen LogP contribution in [0.25, 0.3) is 11.3 Å². The predicted molar refractivity (Wildman–Crippen MR) is 157 cm³/mol. The lowest BCUT2D eigenvalue weighted by molar-refractivity contribution is -0.265. The van der Waals surface area contributed by atoms with Crippen molar-refractivity contribution in [1.29, 1.82) is 0 Å². The molecule has 3 aliphatic rings. The molecule has 13 heteroatoms. The van der Waals surface area contributed by atoms with Gasteiger partial charge in [0.15, 0.2) is 11.5 Å². The maximum atomic E-state index is 14.8. The van der Waals surface area contributed by atoms with Gasteiger partial charge in [-0.1, -0.05) is 0 Å². The standard InChI is InChI=1S/C33H33F4N3O6/c1-30(12-13-30)40-29(42)31(2)17-45-27-22(31)15-25(39-26(27)18-4-7-20(34)8-5-18)32(43,33(35,36)37)16-38-28(41)19-6-11-23(24(14-19)44-3)46-21-9-10-21/h4-8,11,14-15,21,43H,9-10,12-13,16-17H2,1-3H3,(H,38,41)(H,40,42)/t31-,32-/m0/s1. The van der Waals surface area contributed by atoms with Crippen LogP contribution in [-0.4, -0.2) is 60.0 Å². The fourth-order valence-electron chi connectivity index (χ4n) is 5.23. The fourth-order valence-corrected chi connectivity index (χ4v) is 5.23. The van der Waals surface area contributed by atoms with Crippen LogP contribution in [0.4, 0.5) is 17.6 Å². The summed E-state index contributed by atoms with van der Waals surface area (Å²) in [6.45, 7) is 1.89. The summed E-state index contributed by atoms with van der Waals surface area (Å²) in [7, 11) is 1.38. The van der Waals surface area contributed by atoms with E-state index in [9.17, 15) is 32.3 Å².